The maximum absolute atomic E-state index is 12.0. The van der Waals surface area contributed by atoms with E-state index in [1.165, 1.54) is 0 Å². The Balaban J connectivity index is 0.00000242. The SMILES string of the molecule is CCCNCCNC(=O)c1ccc(-n2nccc2C)cc1.Cl. The van der Waals surface area contributed by atoms with Crippen LogP contribution in [0.25, 0.3) is 5.69 Å². The van der Waals surface area contributed by atoms with Crippen LogP contribution in [0.2, 0.25) is 0 Å². The predicted octanol–water partition coefficient (Wildman–Crippen LogP) is 2.33. The van der Waals surface area contributed by atoms with Gasteiger partial charge in [-0.05, 0) is 50.2 Å². The summed E-state index contributed by atoms with van der Waals surface area (Å²) in [5.74, 6) is -0.0444. The van der Waals surface area contributed by atoms with Crippen molar-refractivity contribution in [3.63, 3.8) is 0 Å². The number of halogens is 1. The van der Waals surface area contributed by atoms with Gasteiger partial charge in [0.2, 0.25) is 0 Å². The van der Waals surface area contributed by atoms with Crippen molar-refractivity contribution in [3.8, 4) is 5.69 Å². The average Bonchev–Trinajstić information content (AvgIpc) is 2.93. The highest BCUT2D eigenvalue weighted by molar-refractivity contribution is 5.94. The Morgan fingerprint density at radius 2 is 1.86 bits per heavy atom. The lowest BCUT2D eigenvalue weighted by Crippen LogP contribution is -2.32. The first-order valence-corrected chi connectivity index (χ1v) is 7.32. The van der Waals surface area contributed by atoms with E-state index in [-0.39, 0.29) is 18.3 Å². The molecule has 2 aromatic rings. The van der Waals surface area contributed by atoms with Crippen LogP contribution in [0.15, 0.2) is 36.5 Å². The molecule has 0 bridgehead atoms. The molecule has 6 heteroatoms. The Hall–Kier alpha value is -1.85. The van der Waals surface area contributed by atoms with Gasteiger partial charge in [-0.1, -0.05) is 6.92 Å². The van der Waals surface area contributed by atoms with Crippen LogP contribution >= 0.6 is 12.4 Å². The quantitative estimate of drug-likeness (QED) is 0.769. The van der Waals surface area contributed by atoms with Gasteiger partial charge >= 0.3 is 0 Å². The summed E-state index contributed by atoms with van der Waals surface area (Å²) in [7, 11) is 0. The molecule has 0 atom stereocenters. The van der Waals surface area contributed by atoms with E-state index in [9.17, 15) is 4.79 Å². The number of carbonyl (C=O) groups is 1. The molecule has 0 aliphatic carbocycles. The van der Waals surface area contributed by atoms with E-state index in [0.29, 0.717) is 12.1 Å². The average molecular weight is 323 g/mol. The number of carbonyl (C=O) groups excluding carboxylic acids is 1. The number of nitrogens with one attached hydrogen (secondary N) is 2. The van der Waals surface area contributed by atoms with Crippen molar-refractivity contribution in [3.05, 3.63) is 47.8 Å². The summed E-state index contributed by atoms with van der Waals surface area (Å²) < 4.78 is 1.84. The van der Waals surface area contributed by atoms with Crippen molar-refractivity contribution in [1.82, 2.24) is 20.4 Å². The molecule has 1 aromatic carbocycles. The molecule has 0 radical (unpaired) electrons. The first-order valence-electron chi connectivity index (χ1n) is 7.32. The minimum absolute atomic E-state index is 0. The van der Waals surface area contributed by atoms with E-state index in [4.69, 9.17) is 0 Å². The zero-order valence-electron chi connectivity index (χ0n) is 13.0. The lowest BCUT2D eigenvalue weighted by molar-refractivity contribution is 0.0954. The highest BCUT2D eigenvalue weighted by Crippen LogP contribution is 2.11. The maximum Gasteiger partial charge on any atom is 0.251 e. The van der Waals surface area contributed by atoms with Crippen LogP contribution in [-0.4, -0.2) is 35.3 Å². The third-order valence-corrected chi connectivity index (χ3v) is 3.22. The number of aryl methyl sites for hydroxylation is 1. The standard InChI is InChI=1S/C16H22N4O.ClH/c1-3-9-17-11-12-18-16(21)14-4-6-15(7-5-14)20-13(2)8-10-19-20;/h4-8,10,17H,3,9,11-12H2,1-2H3,(H,18,21);1H. The maximum atomic E-state index is 12.0. The minimum Gasteiger partial charge on any atom is -0.351 e. The molecule has 5 nitrogen and oxygen atoms in total. The molecule has 0 saturated heterocycles. The van der Waals surface area contributed by atoms with Crippen LogP contribution in [0, 0.1) is 6.92 Å². The molecule has 1 aromatic heterocycles. The molecule has 0 fully saturated rings. The Kier molecular flexibility index (Phi) is 7.63. The largest absolute Gasteiger partial charge is 0.351 e. The van der Waals surface area contributed by atoms with Gasteiger partial charge in [0.05, 0.1) is 5.69 Å². The molecule has 0 aliphatic heterocycles. The van der Waals surface area contributed by atoms with E-state index in [1.807, 2.05) is 41.9 Å². The van der Waals surface area contributed by atoms with Crippen LogP contribution in [0.1, 0.15) is 29.4 Å². The molecule has 120 valence electrons. The van der Waals surface area contributed by atoms with Crippen LogP contribution in [-0.2, 0) is 0 Å². The summed E-state index contributed by atoms with van der Waals surface area (Å²) in [5.41, 5.74) is 2.69. The second-order valence-electron chi connectivity index (χ2n) is 4.94. The number of rotatable bonds is 7. The number of amides is 1. The predicted molar refractivity (Wildman–Crippen MR) is 91.0 cm³/mol. The van der Waals surface area contributed by atoms with Gasteiger partial charge in [-0.2, -0.15) is 5.10 Å². The van der Waals surface area contributed by atoms with Gasteiger partial charge in [-0.25, -0.2) is 4.68 Å². The molecule has 0 unspecified atom stereocenters. The molecule has 2 N–H and O–H groups in total. The van der Waals surface area contributed by atoms with Crippen molar-refractivity contribution in [1.29, 1.82) is 0 Å². The van der Waals surface area contributed by atoms with E-state index >= 15 is 0 Å². The number of hydrogen-bond donors (Lipinski definition) is 2. The van der Waals surface area contributed by atoms with Gasteiger partial charge in [0.25, 0.3) is 5.91 Å². The fourth-order valence-corrected chi connectivity index (χ4v) is 2.06. The lowest BCUT2D eigenvalue weighted by atomic mass is 10.2. The van der Waals surface area contributed by atoms with Gasteiger partial charge in [0.1, 0.15) is 0 Å². The van der Waals surface area contributed by atoms with Crippen LogP contribution in [0.3, 0.4) is 0 Å². The molecule has 22 heavy (non-hydrogen) atoms. The first kappa shape index (κ1) is 18.2. The molecular formula is C16H23ClN4O. The Bertz CT molecular complexity index is 580. The van der Waals surface area contributed by atoms with Crippen molar-refractivity contribution in [2.45, 2.75) is 20.3 Å². The summed E-state index contributed by atoms with van der Waals surface area (Å²) >= 11 is 0. The summed E-state index contributed by atoms with van der Waals surface area (Å²) in [6, 6.07) is 9.41. The molecule has 1 heterocycles. The molecule has 2 rings (SSSR count). The number of benzene rings is 1. The monoisotopic (exact) mass is 322 g/mol. The van der Waals surface area contributed by atoms with Crippen molar-refractivity contribution >= 4 is 18.3 Å². The Morgan fingerprint density at radius 1 is 1.14 bits per heavy atom. The zero-order chi connectivity index (χ0) is 15.1. The van der Waals surface area contributed by atoms with Gasteiger partial charge in [-0.15, -0.1) is 12.4 Å². The summed E-state index contributed by atoms with van der Waals surface area (Å²) in [6.07, 6.45) is 2.86. The van der Waals surface area contributed by atoms with Crippen LogP contribution in [0.5, 0.6) is 0 Å². The van der Waals surface area contributed by atoms with Crippen LogP contribution < -0.4 is 10.6 Å². The van der Waals surface area contributed by atoms with E-state index in [2.05, 4.69) is 22.7 Å². The van der Waals surface area contributed by atoms with E-state index in [1.54, 1.807) is 6.20 Å². The zero-order valence-corrected chi connectivity index (χ0v) is 13.8. The smallest absolute Gasteiger partial charge is 0.251 e. The fraction of sp³-hybridized carbons (Fsp3) is 0.375. The number of hydrogen-bond acceptors (Lipinski definition) is 3. The fourth-order valence-electron chi connectivity index (χ4n) is 2.06. The first-order chi connectivity index (χ1) is 10.2. The third kappa shape index (κ3) is 4.86. The summed E-state index contributed by atoms with van der Waals surface area (Å²) in [6.45, 7) is 6.53. The van der Waals surface area contributed by atoms with Crippen molar-refractivity contribution < 1.29 is 4.79 Å². The highest BCUT2D eigenvalue weighted by Gasteiger charge is 2.06. The molecule has 0 aliphatic rings. The second-order valence-corrected chi connectivity index (χ2v) is 4.94. The normalized spacial score (nSPS) is 10.1. The minimum atomic E-state index is -0.0444. The van der Waals surface area contributed by atoms with E-state index < -0.39 is 0 Å². The molecule has 0 spiro atoms. The van der Waals surface area contributed by atoms with E-state index in [0.717, 1.165) is 30.9 Å². The molecule has 1 amide bonds. The topological polar surface area (TPSA) is 58.9 Å². The molecular weight excluding hydrogens is 300 g/mol. The second kappa shape index (κ2) is 9.23. The summed E-state index contributed by atoms with van der Waals surface area (Å²) in [5, 5.41) is 10.4. The van der Waals surface area contributed by atoms with Crippen molar-refractivity contribution in [2.24, 2.45) is 0 Å². The highest BCUT2D eigenvalue weighted by atomic mass is 35.5. The Labute approximate surface area is 137 Å². The number of nitrogens with zero attached hydrogens (tertiary/aromatic N) is 2. The number of aromatic nitrogens is 2. The van der Waals surface area contributed by atoms with Gasteiger partial charge in [-0.3, -0.25) is 4.79 Å². The van der Waals surface area contributed by atoms with Gasteiger partial charge in [0, 0.05) is 30.5 Å². The Morgan fingerprint density at radius 3 is 2.45 bits per heavy atom. The summed E-state index contributed by atoms with van der Waals surface area (Å²) in [4.78, 5) is 12.0. The van der Waals surface area contributed by atoms with Gasteiger partial charge in [0.15, 0.2) is 0 Å². The third-order valence-electron chi connectivity index (χ3n) is 3.22. The van der Waals surface area contributed by atoms with Crippen molar-refractivity contribution in [2.75, 3.05) is 19.6 Å². The molecule has 0 saturated carbocycles. The van der Waals surface area contributed by atoms with Gasteiger partial charge < -0.3 is 10.6 Å². The lowest BCUT2D eigenvalue weighted by Gasteiger charge is -2.08. The van der Waals surface area contributed by atoms with Crippen LogP contribution in [0.4, 0.5) is 0 Å².